The predicted octanol–water partition coefficient (Wildman–Crippen LogP) is 4.22. The summed E-state index contributed by atoms with van der Waals surface area (Å²) in [5, 5.41) is 1.44. The van der Waals surface area contributed by atoms with E-state index in [1.54, 1.807) is 6.07 Å². The Balaban J connectivity index is 2.08. The highest BCUT2D eigenvalue weighted by molar-refractivity contribution is 7.21. The van der Waals surface area contributed by atoms with Crippen LogP contribution in [0, 0.1) is 5.95 Å². The average molecular weight is 307 g/mol. The maximum absolute atomic E-state index is 13.1. The zero-order chi connectivity index (χ0) is 14.3. The van der Waals surface area contributed by atoms with E-state index in [0.717, 1.165) is 16.3 Å². The number of anilines is 1. The summed E-state index contributed by atoms with van der Waals surface area (Å²) < 4.78 is 13.1. The number of rotatable bonds is 2. The topological polar surface area (TPSA) is 29.0 Å². The first kappa shape index (κ1) is 13.3. The second kappa shape index (κ2) is 5.00. The Kier molecular flexibility index (Phi) is 3.31. The van der Waals surface area contributed by atoms with E-state index in [1.807, 2.05) is 37.2 Å². The molecule has 0 aliphatic heterocycles. The molecule has 0 radical (unpaired) electrons. The highest BCUT2D eigenvalue weighted by Gasteiger charge is 2.10. The minimum Gasteiger partial charge on any atom is -0.376 e. The van der Waals surface area contributed by atoms with Crippen molar-refractivity contribution in [2.75, 3.05) is 19.0 Å². The Labute approximate surface area is 124 Å². The molecule has 3 nitrogen and oxygen atoms in total. The van der Waals surface area contributed by atoms with Gasteiger partial charge < -0.3 is 4.90 Å². The smallest absolute Gasteiger partial charge is 0.214 e. The van der Waals surface area contributed by atoms with E-state index in [1.165, 1.54) is 17.4 Å². The predicted molar refractivity (Wildman–Crippen MR) is 82.1 cm³/mol. The average Bonchev–Trinajstić information content (AvgIpc) is 2.81. The zero-order valence-electron chi connectivity index (χ0n) is 10.9. The molecule has 0 saturated carbocycles. The number of hydrogen-bond donors (Lipinski definition) is 0. The molecule has 1 aromatic carbocycles. The summed E-state index contributed by atoms with van der Waals surface area (Å²) in [6.07, 6.45) is 0. The molecule has 0 aliphatic rings. The van der Waals surface area contributed by atoms with Gasteiger partial charge in [-0.1, -0.05) is 22.9 Å². The van der Waals surface area contributed by atoms with E-state index >= 15 is 0 Å². The van der Waals surface area contributed by atoms with Gasteiger partial charge in [-0.3, -0.25) is 0 Å². The summed E-state index contributed by atoms with van der Waals surface area (Å²) in [4.78, 5) is 10.8. The van der Waals surface area contributed by atoms with Crippen molar-refractivity contribution in [3.05, 3.63) is 41.3 Å². The highest BCUT2D eigenvalue weighted by atomic mass is 35.5. The maximum atomic E-state index is 13.1. The van der Waals surface area contributed by atoms with Crippen molar-refractivity contribution in [2.24, 2.45) is 0 Å². The van der Waals surface area contributed by atoms with E-state index < -0.39 is 5.95 Å². The monoisotopic (exact) mass is 306 g/mol. The number of aromatic nitrogens is 2. The van der Waals surface area contributed by atoms with E-state index in [4.69, 9.17) is 11.6 Å². The van der Waals surface area contributed by atoms with Gasteiger partial charge in [0.05, 0.1) is 10.7 Å². The molecule has 0 aliphatic carbocycles. The molecular weight excluding hydrogens is 296 g/mol. The Hall–Kier alpha value is -1.72. The van der Waals surface area contributed by atoms with Crippen LogP contribution >= 0.6 is 22.9 Å². The zero-order valence-corrected chi connectivity index (χ0v) is 12.5. The van der Waals surface area contributed by atoms with Gasteiger partial charge in [0.25, 0.3) is 0 Å². The van der Waals surface area contributed by atoms with E-state index in [9.17, 15) is 4.39 Å². The van der Waals surface area contributed by atoms with Crippen LogP contribution < -0.4 is 4.90 Å². The molecule has 102 valence electrons. The fourth-order valence-corrected chi connectivity index (χ4v) is 3.19. The van der Waals surface area contributed by atoms with Crippen LogP contribution in [0.3, 0.4) is 0 Å². The van der Waals surface area contributed by atoms with Gasteiger partial charge in [0, 0.05) is 19.7 Å². The van der Waals surface area contributed by atoms with Gasteiger partial charge in [-0.15, -0.1) is 0 Å². The van der Waals surface area contributed by atoms with Crippen molar-refractivity contribution in [3.8, 4) is 10.6 Å². The number of fused-ring (bicyclic) bond motifs is 1. The van der Waals surface area contributed by atoms with Gasteiger partial charge in [-0.25, -0.2) is 9.97 Å². The molecule has 3 aromatic rings. The molecule has 0 fully saturated rings. The molecule has 6 heteroatoms. The minimum atomic E-state index is -0.492. The fraction of sp³-hybridized carbons (Fsp3) is 0.143. The lowest BCUT2D eigenvalue weighted by Crippen LogP contribution is -2.08. The minimum absolute atomic E-state index is 0.492. The normalized spacial score (nSPS) is 11.0. The Morgan fingerprint density at radius 1 is 1.15 bits per heavy atom. The summed E-state index contributed by atoms with van der Waals surface area (Å²) in [5.41, 5.74) is 2.55. The van der Waals surface area contributed by atoms with Crippen molar-refractivity contribution in [1.82, 2.24) is 9.97 Å². The molecule has 0 bridgehead atoms. The fourth-order valence-electron chi connectivity index (χ4n) is 1.92. The van der Waals surface area contributed by atoms with Crippen molar-refractivity contribution in [2.45, 2.75) is 0 Å². The van der Waals surface area contributed by atoms with E-state index in [0.29, 0.717) is 15.4 Å². The molecule has 0 unspecified atom stereocenters. The quantitative estimate of drug-likeness (QED) is 0.664. The lowest BCUT2D eigenvalue weighted by atomic mass is 10.2. The molecular formula is C14H11ClFN3S. The van der Waals surface area contributed by atoms with Gasteiger partial charge in [0.1, 0.15) is 15.4 Å². The van der Waals surface area contributed by atoms with Crippen molar-refractivity contribution in [3.63, 3.8) is 0 Å². The SMILES string of the molecule is CN(C)c1ccc(-c2nc3ccc([18F])nc3s2)cc1Cl. The Bertz CT molecular complexity index is 785. The largest absolute Gasteiger partial charge is 0.376 e. The van der Waals surface area contributed by atoms with Crippen LogP contribution in [0.1, 0.15) is 0 Å². The third kappa shape index (κ3) is 2.34. The lowest BCUT2D eigenvalue weighted by molar-refractivity contribution is 0.589. The van der Waals surface area contributed by atoms with Gasteiger partial charge in [-0.05, 0) is 30.3 Å². The van der Waals surface area contributed by atoms with E-state index in [2.05, 4.69) is 9.97 Å². The van der Waals surface area contributed by atoms with E-state index in [-0.39, 0.29) is 0 Å². The third-order valence-electron chi connectivity index (χ3n) is 2.90. The molecule has 0 atom stereocenters. The summed E-state index contributed by atoms with van der Waals surface area (Å²) in [7, 11) is 3.87. The number of halogens is 2. The van der Waals surface area contributed by atoms with Crippen LogP contribution in [0.5, 0.6) is 0 Å². The first-order valence-corrected chi connectivity index (χ1v) is 7.14. The summed E-state index contributed by atoms with van der Waals surface area (Å²) in [6.45, 7) is 0. The van der Waals surface area contributed by atoms with Crippen molar-refractivity contribution < 1.29 is 4.39 Å². The van der Waals surface area contributed by atoms with Gasteiger partial charge >= 0.3 is 0 Å². The maximum Gasteiger partial charge on any atom is 0.214 e. The summed E-state index contributed by atoms with van der Waals surface area (Å²) in [6, 6.07) is 8.71. The number of benzene rings is 1. The van der Waals surface area contributed by atoms with Gasteiger partial charge in [-0.2, -0.15) is 4.39 Å². The van der Waals surface area contributed by atoms with Crippen LogP contribution in [0.25, 0.3) is 20.9 Å². The first-order valence-electron chi connectivity index (χ1n) is 5.95. The number of hydrogen-bond acceptors (Lipinski definition) is 4. The van der Waals surface area contributed by atoms with Crippen molar-refractivity contribution in [1.29, 1.82) is 0 Å². The standard InChI is InChI=1S/C14H11ClFN3S/c1-19(2)11-5-3-8(7-9(11)15)13-17-10-4-6-12(16)18-14(10)20-13/h3-7H,1-2H3/i16-1. The Morgan fingerprint density at radius 3 is 2.65 bits per heavy atom. The van der Waals surface area contributed by atoms with Crippen LogP contribution in [-0.2, 0) is 0 Å². The molecule has 2 aromatic heterocycles. The van der Waals surface area contributed by atoms with Gasteiger partial charge in [0.15, 0.2) is 0 Å². The van der Waals surface area contributed by atoms with Crippen molar-refractivity contribution >= 4 is 39.0 Å². The molecule has 0 amide bonds. The molecule has 3 rings (SSSR count). The summed E-state index contributed by atoms with van der Waals surface area (Å²) >= 11 is 7.61. The Morgan fingerprint density at radius 2 is 1.95 bits per heavy atom. The third-order valence-corrected chi connectivity index (χ3v) is 4.21. The molecule has 0 spiro atoms. The molecule has 20 heavy (non-hydrogen) atoms. The second-order valence-corrected chi connectivity index (χ2v) is 5.92. The molecule has 0 N–H and O–H groups in total. The number of nitrogens with zero attached hydrogens (tertiary/aromatic N) is 3. The van der Waals surface area contributed by atoms with Crippen LogP contribution in [0.2, 0.25) is 5.02 Å². The molecule has 0 saturated heterocycles. The van der Waals surface area contributed by atoms with Crippen LogP contribution in [0.15, 0.2) is 30.3 Å². The number of thiazole rings is 1. The lowest BCUT2D eigenvalue weighted by Gasteiger charge is -2.14. The number of pyridine rings is 1. The van der Waals surface area contributed by atoms with Gasteiger partial charge in [0.2, 0.25) is 5.95 Å². The highest BCUT2D eigenvalue weighted by Crippen LogP contribution is 2.33. The van der Waals surface area contributed by atoms with Crippen LogP contribution in [0.4, 0.5) is 10.1 Å². The van der Waals surface area contributed by atoms with Crippen LogP contribution in [-0.4, -0.2) is 24.1 Å². The molecule has 2 heterocycles. The summed E-state index contributed by atoms with van der Waals surface area (Å²) in [5.74, 6) is -0.492. The second-order valence-electron chi connectivity index (χ2n) is 4.54. The first-order chi connectivity index (χ1) is 9.54.